The third-order valence-corrected chi connectivity index (χ3v) is 8.37. The first-order valence-corrected chi connectivity index (χ1v) is 13.2. The fourth-order valence-electron chi connectivity index (χ4n) is 2.84. The first-order chi connectivity index (χ1) is 16.0. The SMILES string of the molecule is CCOP(=O)(OCC)C(F)(F)CCN(OCc1ccccc1)S(=O)(=O)c1ccccc1[N+](=O)[O-]. The van der Waals surface area contributed by atoms with Crippen LogP contribution in [-0.2, 0) is 35.1 Å². The monoisotopic (exact) mass is 522 g/mol. The van der Waals surface area contributed by atoms with E-state index < -0.39 is 51.8 Å². The number of para-hydroxylation sites is 1. The lowest BCUT2D eigenvalue weighted by Gasteiger charge is -2.28. The van der Waals surface area contributed by atoms with Gasteiger partial charge in [0.15, 0.2) is 4.90 Å². The molecule has 0 aliphatic rings. The number of nitrogens with zero attached hydrogens (tertiary/aromatic N) is 2. The quantitative estimate of drug-likeness (QED) is 0.194. The molecule has 0 unspecified atom stereocenters. The van der Waals surface area contributed by atoms with Crippen molar-refractivity contribution in [3.05, 3.63) is 70.3 Å². The first kappa shape index (κ1) is 28.0. The number of nitro benzene ring substituents is 1. The van der Waals surface area contributed by atoms with E-state index in [4.69, 9.17) is 13.9 Å². The highest BCUT2D eigenvalue weighted by Crippen LogP contribution is 2.63. The molecule has 188 valence electrons. The van der Waals surface area contributed by atoms with E-state index in [9.17, 15) is 31.9 Å². The number of alkyl halides is 2. The Morgan fingerprint density at radius 3 is 2.15 bits per heavy atom. The van der Waals surface area contributed by atoms with Gasteiger partial charge in [-0.05, 0) is 25.5 Å². The Labute approximate surface area is 196 Å². The maximum Gasteiger partial charge on any atom is 0.399 e. The number of sulfonamides is 1. The van der Waals surface area contributed by atoms with Crippen LogP contribution in [0.4, 0.5) is 14.5 Å². The van der Waals surface area contributed by atoms with Crippen molar-refractivity contribution in [2.24, 2.45) is 0 Å². The van der Waals surface area contributed by atoms with E-state index in [1.807, 2.05) is 0 Å². The van der Waals surface area contributed by atoms with Crippen molar-refractivity contribution in [3.63, 3.8) is 0 Å². The van der Waals surface area contributed by atoms with Gasteiger partial charge in [0, 0.05) is 19.0 Å². The molecule has 0 radical (unpaired) electrons. The molecule has 0 atom stereocenters. The molecular weight excluding hydrogens is 497 g/mol. The van der Waals surface area contributed by atoms with Crippen LogP contribution in [0.3, 0.4) is 0 Å². The largest absolute Gasteiger partial charge is 0.399 e. The summed E-state index contributed by atoms with van der Waals surface area (Å²) in [6.07, 6.45) is -1.29. The highest BCUT2D eigenvalue weighted by atomic mass is 32.2. The summed E-state index contributed by atoms with van der Waals surface area (Å²) in [7, 11) is -9.70. The van der Waals surface area contributed by atoms with Gasteiger partial charge in [0.1, 0.15) is 0 Å². The maximum atomic E-state index is 14.9. The van der Waals surface area contributed by atoms with E-state index in [1.54, 1.807) is 30.3 Å². The zero-order valence-electron chi connectivity index (χ0n) is 18.5. The van der Waals surface area contributed by atoms with Gasteiger partial charge in [-0.15, -0.1) is 0 Å². The van der Waals surface area contributed by atoms with E-state index in [2.05, 4.69) is 0 Å². The Bertz CT molecular complexity index is 1110. The molecule has 0 fully saturated rings. The Morgan fingerprint density at radius 1 is 1.03 bits per heavy atom. The van der Waals surface area contributed by atoms with Gasteiger partial charge in [0.2, 0.25) is 0 Å². The van der Waals surface area contributed by atoms with E-state index in [0.29, 0.717) is 5.56 Å². The van der Waals surface area contributed by atoms with Crippen molar-refractivity contribution in [2.75, 3.05) is 19.8 Å². The lowest BCUT2D eigenvalue weighted by molar-refractivity contribution is -0.387. The average molecular weight is 522 g/mol. The van der Waals surface area contributed by atoms with Crippen LogP contribution in [0.15, 0.2) is 59.5 Å². The van der Waals surface area contributed by atoms with Crippen LogP contribution in [0, 0.1) is 10.1 Å². The third kappa shape index (κ3) is 6.65. The van der Waals surface area contributed by atoms with Crippen LogP contribution in [0.5, 0.6) is 0 Å². The second-order valence-corrected chi connectivity index (χ2v) is 10.7. The molecule has 2 aromatic carbocycles. The van der Waals surface area contributed by atoms with Crippen LogP contribution in [-0.4, -0.2) is 43.2 Å². The van der Waals surface area contributed by atoms with Gasteiger partial charge >= 0.3 is 13.3 Å². The number of halogens is 2. The van der Waals surface area contributed by atoms with Crippen molar-refractivity contribution in [2.45, 2.75) is 37.4 Å². The number of rotatable bonds is 14. The van der Waals surface area contributed by atoms with E-state index >= 15 is 0 Å². The topological polar surface area (TPSA) is 125 Å². The molecule has 14 heteroatoms. The normalized spacial score (nSPS) is 12.7. The Balaban J connectivity index is 2.40. The minimum atomic E-state index is -4.92. The predicted molar refractivity (Wildman–Crippen MR) is 119 cm³/mol. The van der Waals surface area contributed by atoms with Crippen LogP contribution >= 0.6 is 7.60 Å². The average Bonchev–Trinajstić information content (AvgIpc) is 2.79. The molecular formula is C20H25F2N2O8PS. The van der Waals surface area contributed by atoms with Crippen molar-refractivity contribution in [1.29, 1.82) is 0 Å². The zero-order valence-corrected chi connectivity index (χ0v) is 20.2. The molecule has 34 heavy (non-hydrogen) atoms. The van der Waals surface area contributed by atoms with Gasteiger partial charge in [-0.1, -0.05) is 46.9 Å². The molecule has 0 aliphatic carbocycles. The van der Waals surface area contributed by atoms with Gasteiger partial charge in [0.25, 0.3) is 15.7 Å². The molecule has 0 saturated carbocycles. The third-order valence-electron chi connectivity index (χ3n) is 4.42. The van der Waals surface area contributed by atoms with Crippen LogP contribution in [0.1, 0.15) is 25.8 Å². The van der Waals surface area contributed by atoms with Gasteiger partial charge in [-0.3, -0.25) is 19.5 Å². The van der Waals surface area contributed by atoms with E-state index in [-0.39, 0.29) is 24.3 Å². The Morgan fingerprint density at radius 2 is 1.59 bits per heavy atom. The van der Waals surface area contributed by atoms with E-state index in [0.717, 1.165) is 12.1 Å². The van der Waals surface area contributed by atoms with Crippen LogP contribution < -0.4 is 0 Å². The van der Waals surface area contributed by atoms with Crippen LogP contribution in [0.25, 0.3) is 0 Å². The zero-order chi connectivity index (χ0) is 25.4. The van der Waals surface area contributed by atoms with Crippen molar-refractivity contribution in [1.82, 2.24) is 4.47 Å². The fraction of sp³-hybridized carbons (Fsp3) is 0.400. The molecule has 2 aromatic rings. The number of hydroxylamine groups is 1. The van der Waals surface area contributed by atoms with Crippen molar-refractivity contribution < 1.29 is 40.6 Å². The molecule has 0 heterocycles. The predicted octanol–water partition coefficient (Wildman–Crippen LogP) is 4.97. The number of hydrogen-bond donors (Lipinski definition) is 0. The molecule has 0 aromatic heterocycles. The lowest BCUT2D eigenvalue weighted by atomic mass is 10.2. The summed E-state index contributed by atoms with van der Waals surface area (Å²) < 4.78 is 78.4. The van der Waals surface area contributed by atoms with Crippen molar-refractivity contribution in [3.8, 4) is 0 Å². The summed E-state index contributed by atoms with van der Waals surface area (Å²) in [5.41, 5.74) is -4.30. The summed E-state index contributed by atoms with van der Waals surface area (Å²) in [6.45, 7) is 0.746. The fourth-order valence-corrected chi connectivity index (χ4v) is 5.75. The highest BCUT2D eigenvalue weighted by Gasteiger charge is 2.53. The number of nitro groups is 1. The number of benzene rings is 2. The van der Waals surface area contributed by atoms with E-state index in [1.165, 1.54) is 26.0 Å². The lowest BCUT2D eigenvalue weighted by Crippen LogP contribution is -2.36. The summed E-state index contributed by atoms with van der Waals surface area (Å²) >= 11 is 0. The molecule has 2 rings (SSSR count). The molecule has 0 saturated heterocycles. The van der Waals surface area contributed by atoms with Gasteiger partial charge in [0.05, 0.1) is 24.7 Å². The summed E-state index contributed by atoms with van der Waals surface area (Å²) in [6, 6.07) is 12.7. The minimum Gasteiger partial charge on any atom is -0.305 e. The van der Waals surface area contributed by atoms with Gasteiger partial charge in [-0.2, -0.15) is 8.78 Å². The summed E-state index contributed by atoms with van der Waals surface area (Å²) in [4.78, 5) is 15.0. The molecule has 0 amide bonds. The smallest absolute Gasteiger partial charge is 0.305 e. The summed E-state index contributed by atoms with van der Waals surface area (Å²) in [5.74, 6) is 0. The summed E-state index contributed by atoms with van der Waals surface area (Å²) in [5, 5.41) is 11.4. The molecule has 0 aliphatic heterocycles. The molecule has 0 N–H and O–H groups in total. The molecule has 0 bridgehead atoms. The first-order valence-electron chi connectivity index (χ1n) is 10.2. The van der Waals surface area contributed by atoms with Crippen LogP contribution in [0.2, 0.25) is 0 Å². The Kier molecular flexibility index (Phi) is 9.80. The maximum absolute atomic E-state index is 14.9. The molecule has 10 nitrogen and oxygen atoms in total. The Hall–Kier alpha value is -2.28. The standard InChI is InChI=1S/C20H25F2N2O8PS/c1-3-31-33(27,32-4-2)20(21,22)14-15-23(30-16-17-10-6-5-7-11-17)34(28,29)19-13-9-8-12-18(19)24(25)26/h5-13H,3-4,14-16H2,1-2H3. The van der Waals surface area contributed by atoms with Gasteiger partial charge in [-0.25, -0.2) is 8.42 Å². The van der Waals surface area contributed by atoms with Gasteiger partial charge < -0.3 is 9.05 Å². The second kappa shape index (κ2) is 11.9. The number of hydrogen-bond acceptors (Lipinski definition) is 8. The second-order valence-electron chi connectivity index (χ2n) is 6.76. The van der Waals surface area contributed by atoms with Crippen molar-refractivity contribution >= 4 is 23.3 Å². The minimum absolute atomic E-state index is 0.235. The molecule has 0 spiro atoms. The highest BCUT2D eigenvalue weighted by molar-refractivity contribution is 7.89.